The summed E-state index contributed by atoms with van der Waals surface area (Å²) in [4.78, 5) is 31.5. The summed E-state index contributed by atoms with van der Waals surface area (Å²) in [6, 6.07) is 1.55. The zero-order valence-electron chi connectivity index (χ0n) is 18.5. The number of nitrogens with zero attached hydrogens (tertiary/aromatic N) is 5. The van der Waals surface area contributed by atoms with Crippen LogP contribution >= 0.6 is 0 Å². The SMILES string of the molecule is C[C@@H](Nc1cc([C@@H](Oc2nn(C)c3nnc(-c4c[nH]c(=O)[nH]c4=O)cc23)C(F)F)ccn1)C(F)(F)F. The van der Waals surface area contributed by atoms with E-state index in [0.717, 1.165) is 25.4 Å². The molecule has 0 saturated heterocycles. The minimum atomic E-state index is -4.57. The number of nitrogens with one attached hydrogen (secondary N) is 3. The minimum absolute atomic E-state index is 0.00276. The van der Waals surface area contributed by atoms with E-state index in [1.807, 2.05) is 4.98 Å². The Morgan fingerprint density at radius 1 is 1.17 bits per heavy atom. The Morgan fingerprint density at radius 2 is 1.92 bits per heavy atom. The topological polar surface area (TPSA) is 143 Å². The van der Waals surface area contributed by atoms with Gasteiger partial charge in [0, 0.05) is 25.0 Å². The Morgan fingerprint density at radius 3 is 2.58 bits per heavy atom. The van der Waals surface area contributed by atoms with E-state index in [0.29, 0.717) is 0 Å². The van der Waals surface area contributed by atoms with Crippen LogP contribution in [0.25, 0.3) is 22.3 Å². The lowest BCUT2D eigenvalue weighted by molar-refractivity contribution is -0.138. The molecule has 3 N–H and O–H groups in total. The molecule has 11 nitrogen and oxygen atoms in total. The van der Waals surface area contributed by atoms with E-state index in [1.165, 1.54) is 23.9 Å². The van der Waals surface area contributed by atoms with Gasteiger partial charge in [-0.2, -0.15) is 13.2 Å². The molecule has 0 fully saturated rings. The van der Waals surface area contributed by atoms with Crippen molar-refractivity contribution >= 4 is 16.9 Å². The molecule has 4 heterocycles. The molecule has 190 valence electrons. The molecule has 36 heavy (non-hydrogen) atoms. The van der Waals surface area contributed by atoms with Crippen LogP contribution in [0, 0.1) is 0 Å². The molecule has 2 atom stereocenters. The van der Waals surface area contributed by atoms with Crippen LogP contribution in [0.3, 0.4) is 0 Å². The molecule has 0 saturated carbocycles. The van der Waals surface area contributed by atoms with Gasteiger partial charge in [0.15, 0.2) is 11.8 Å². The quantitative estimate of drug-likeness (QED) is 0.321. The van der Waals surface area contributed by atoms with Gasteiger partial charge in [-0.1, -0.05) is 0 Å². The van der Waals surface area contributed by atoms with E-state index in [2.05, 4.69) is 30.6 Å². The standard InChI is InChI=1S/C20H17F5N8O3/c1-8(20(23,24)25)28-13-5-9(3-4-26-13)14(15(21)22)36-18-10-6-12(30-31-16(10)33(2)32-18)11-7-27-19(35)29-17(11)34/h3-8,14-15H,1-2H3,(H,26,28)(H2,27,29,34,35)/t8-,14-/m1/s1. The number of fused-ring (bicyclic) bond motifs is 1. The summed E-state index contributed by atoms with van der Waals surface area (Å²) in [6.45, 7) is 0.863. The van der Waals surface area contributed by atoms with E-state index >= 15 is 0 Å². The van der Waals surface area contributed by atoms with Gasteiger partial charge < -0.3 is 15.0 Å². The molecule has 0 aromatic carbocycles. The largest absolute Gasteiger partial charge is 0.462 e. The molecule has 4 aromatic rings. The summed E-state index contributed by atoms with van der Waals surface area (Å²) in [7, 11) is 1.46. The zero-order chi connectivity index (χ0) is 26.2. The fraction of sp³-hybridized carbons (Fsp3) is 0.300. The molecule has 0 aliphatic carbocycles. The average molecular weight is 512 g/mol. The molecule has 4 rings (SSSR count). The van der Waals surface area contributed by atoms with Crippen LogP contribution < -0.4 is 21.3 Å². The Hall–Kier alpha value is -4.37. The number of aryl methyl sites for hydroxylation is 1. The normalized spacial score (nSPS) is 13.7. The van der Waals surface area contributed by atoms with Gasteiger partial charge in [-0.05, 0) is 25.1 Å². The highest BCUT2D eigenvalue weighted by atomic mass is 19.4. The van der Waals surface area contributed by atoms with Gasteiger partial charge in [0.1, 0.15) is 17.6 Å². The van der Waals surface area contributed by atoms with Gasteiger partial charge in [0.2, 0.25) is 5.88 Å². The van der Waals surface area contributed by atoms with Gasteiger partial charge in [0.05, 0.1) is 10.9 Å². The molecule has 0 amide bonds. The lowest BCUT2D eigenvalue weighted by Gasteiger charge is -2.20. The zero-order valence-corrected chi connectivity index (χ0v) is 18.5. The Labute approximate surface area is 197 Å². The number of hydrogen-bond donors (Lipinski definition) is 3. The van der Waals surface area contributed by atoms with E-state index in [-0.39, 0.29) is 39.6 Å². The summed E-state index contributed by atoms with van der Waals surface area (Å²) >= 11 is 0. The highest BCUT2D eigenvalue weighted by molar-refractivity contribution is 5.84. The summed E-state index contributed by atoms with van der Waals surface area (Å²) in [5.41, 5.74) is -1.56. The summed E-state index contributed by atoms with van der Waals surface area (Å²) in [6.07, 6.45) is -7.42. The van der Waals surface area contributed by atoms with Crippen molar-refractivity contribution in [3.05, 3.63) is 57.0 Å². The first-order valence-electron chi connectivity index (χ1n) is 10.2. The van der Waals surface area contributed by atoms with Crippen LogP contribution in [0.2, 0.25) is 0 Å². The lowest BCUT2D eigenvalue weighted by Crippen LogP contribution is -2.33. The third-order valence-electron chi connectivity index (χ3n) is 5.08. The molecule has 16 heteroatoms. The third-order valence-corrected chi connectivity index (χ3v) is 5.08. The van der Waals surface area contributed by atoms with Crippen molar-refractivity contribution in [2.75, 3.05) is 5.32 Å². The highest BCUT2D eigenvalue weighted by Crippen LogP contribution is 2.33. The summed E-state index contributed by atoms with van der Waals surface area (Å²) in [5.74, 6) is -0.562. The number of anilines is 1. The molecule has 0 aliphatic rings. The van der Waals surface area contributed by atoms with E-state index in [4.69, 9.17) is 4.74 Å². The third kappa shape index (κ3) is 5.01. The van der Waals surface area contributed by atoms with Crippen LogP contribution in [-0.2, 0) is 7.05 Å². The summed E-state index contributed by atoms with van der Waals surface area (Å²) in [5, 5.41) is 14.1. The second-order valence-electron chi connectivity index (χ2n) is 7.64. The number of pyridine rings is 1. The molecular weight excluding hydrogens is 495 g/mol. The van der Waals surface area contributed by atoms with Crippen molar-refractivity contribution < 1.29 is 26.7 Å². The molecule has 0 aliphatic heterocycles. The first-order chi connectivity index (χ1) is 16.9. The number of aromatic amines is 2. The van der Waals surface area contributed by atoms with Gasteiger partial charge in [0.25, 0.3) is 12.0 Å². The predicted octanol–water partition coefficient (Wildman–Crippen LogP) is 2.55. The molecule has 4 aromatic heterocycles. The van der Waals surface area contributed by atoms with Gasteiger partial charge >= 0.3 is 11.9 Å². The fourth-order valence-electron chi connectivity index (χ4n) is 3.23. The van der Waals surface area contributed by atoms with Crippen molar-refractivity contribution in [1.82, 2.24) is 34.9 Å². The molecule has 0 spiro atoms. The maximum atomic E-state index is 14.0. The van der Waals surface area contributed by atoms with Crippen molar-refractivity contribution in [1.29, 1.82) is 0 Å². The van der Waals surface area contributed by atoms with Crippen molar-refractivity contribution in [2.45, 2.75) is 31.7 Å². The van der Waals surface area contributed by atoms with Gasteiger partial charge in [-0.25, -0.2) is 23.2 Å². The van der Waals surface area contributed by atoms with Gasteiger partial charge in [-0.15, -0.1) is 15.3 Å². The van der Waals surface area contributed by atoms with Crippen LogP contribution in [0.1, 0.15) is 18.6 Å². The number of rotatable bonds is 7. The number of ether oxygens (including phenoxy) is 1. The van der Waals surface area contributed by atoms with Crippen LogP contribution in [0.5, 0.6) is 5.88 Å². The van der Waals surface area contributed by atoms with Crippen LogP contribution in [-0.4, -0.2) is 53.6 Å². The second kappa shape index (κ2) is 9.35. The van der Waals surface area contributed by atoms with Crippen LogP contribution in [0.4, 0.5) is 27.8 Å². The number of aromatic nitrogens is 7. The maximum Gasteiger partial charge on any atom is 0.408 e. The molecule has 0 bridgehead atoms. The van der Waals surface area contributed by atoms with E-state index in [9.17, 15) is 31.5 Å². The number of halogens is 5. The molecule has 0 unspecified atom stereocenters. The predicted molar refractivity (Wildman–Crippen MR) is 116 cm³/mol. The Kier molecular flexibility index (Phi) is 6.43. The average Bonchev–Trinajstić information content (AvgIpc) is 3.11. The van der Waals surface area contributed by atoms with Crippen molar-refractivity contribution in [2.24, 2.45) is 7.05 Å². The number of alkyl halides is 5. The van der Waals surface area contributed by atoms with Crippen molar-refractivity contribution in [3.63, 3.8) is 0 Å². The maximum absolute atomic E-state index is 14.0. The molecule has 0 radical (unpaired) electrons. The summed E-state index contributed by atoms with van der Waals surface area (Å²) < 4.78 is 73.3. The van der Waals surface area contributed by atoms with Crippen molar-refractivity contribution in [3.8, 4) is 17.1 Å². The highest BCUT2D eigenvalue weighted by Gasteiger charge is 2.36. The Balaban J connectivity index is 1.71. The monoisotopic (exact) mass is 512 g/mol. The van der Waals surface area contributed by atoms with E-state index < -0.39 is 36.0 Å². The second-order valence-corrected chi connectivity index (χ2v) is 7.64. The first kappa shape index (κ1) is 24.7. The Bertz CT molecular complexity index is 1510. The first-order valence-corrected chi connectivity index (χ1v) is 10.2. The fourth-order valence-corrected chi connectivity index (χ4v) is 3.23. The minimum Gasteiger partial charge on any atom is -0.462 e. The van der Waals surface area contributed by atoms with E-state index in [1.54, 1.807) is 0 Å². The number of H-pyrrole nitrogens is 2. The lowest BCUT2D eigenvalue weighted by atomic mass is 10.1. The van der Waals surface area contributed by atoms with Gasteiger partial charge in [-0.3, -0.25) is 9.78 Å². The number of hydrogen-bond acceptors (Lipinski definition) is 8. The molecular formula is C20H17F5N8O3. The van der Waals surface area contributed by atoms with Crippen LogP contribution in [0.15, 0.2) is 40.2 Å². The smallest absolute Gasteiger partial charge is 0.408 e.